The van der Waals surface area contributed by atoms with Gasteiger partial charge >= 0.3 is 0 Å². The summed E-state index contributed by atoms with van der Waals surface area (Å²) in [6.45, 7) is 4.50. The third-order valence-corrected chi connectivity index (χ3v) is 6.92. The lowest BCUT2D eigenvalue weighted by atomic mass is 9.78. The molecule has 1 aromatic heterocycles. The normalized spacial score (nSPS) is 21.8. The fraction of sp³-hybridized carbons (Fsp3) is 0.333. The third kappa shape index (κ3) is 4.45. The number of halogens is 1. The molecule has 1 saturated carbocycles. The molecule has 1 heterocycles. The highest BCUT2D eigenvalue weighted by Gasteiger charge is 2.29. The Morgan fingerprint density at radius 3 is 2.66 bits per heavy atom. The molecule has 1 aliphatic carbocycles. The van der Waals surface area contributed by atoms with Crippen LogP contribution in [0.4, 0.5) is 4.39 Å². The molecule has 5 heteroatoms. The first-order valence-corrected chi connectivity index (χ1v) is 11.0. The highest BCUT2D eigenvalue weighted by molar-refractivity contribution is 7.99. The Labute approximate surface area is 175 Å². The van der Waals surface area contributed by atoms with Crippen molar-refractivity contribution in [2.45, 2.75) is 49.1 Å². The molecule has 150 valence electrons. The summed E-state index contributed by atoms with van der Waals surface area (Å²) in [6.07, 6.45) is 3.40. The fourth-order valence-electron chi connectivity index (χ4n) is 4.05. The molecule has 0 aliphatic heterocycles. The van der Waals surface area contributed by atoms with E-state index in [4.69, 9.17) is 4.98 Å². The number of hydrogen-bond acceptors (Lipinski definition) is 3. The number of para-hydroxylation sites is 1. The van der Waals surface area contributed by atoms with Gasteiger partial charge in [-0.2, -0.15) is 0 Å². The number of rotatable bonds is 4. The van der Waals surface area contributed by atoms with Gasteiger partial charge in [0.1, 0.15) is 10.8 Å². The van der Waals surface area contributed by atoms with Crippen LogP contribution in [0, 0.1) is 17.7 Å². The molecule has 3 atom stereocenters. The van der Waals surface area contributed by atoms with Gasteiger partial charge in [0.15, 0.2) is 0 Å². The summed E-state index contributed by atoms with van der Waals surface area (Å²) in [7, 11) is 0. The minimum absolute atomic E-state index is 0.0458. The lowest BCUT2D eigenvalue weighted by Crippen LogP contribution is -2.43. The van der Waals surface area contributed by atoms with Crippen LogP contribution in [0.5, 0.6) is 0 Å². The van der Waals surface area contributed by atoms with E-state index in [1.807, 2.05) is 30.3 Å². The van der Waals surface area contributed by atoms with Gasteiger partial charge in [0.25, 0.3) is 5.91 Å². The first-order valence-electron chi connectivity index (χ1n) is 10.2. The van der Waals surface area contributed by atoms with Crippen molar-refractivity contribution in [3.05, 3.63) is 66.0 Å². The van der Waals surface area contributed by atoms with Crippen LogP contribution in [0.15, 0.2) is 64.5 Å². The largest absolute Gasteiger partial charge is 0.349 e. The van der Waals surface area contributed by atoms with Crippen LogP contribution in [0.3, 0.4) is 0 Å². The van der Waals surface area contributed by atoms with Crippen LogP contribution in [0.2, 0.25) is 0 Å². The molecule has 29 heavy (non-hydrogen) atoms. The van der Waals surface area contributed by atoms with Crippen LogP contribution in [0.25, 0.3) is 10.9 Å². The number of pyridine rings is 1. The molecule has 3 nitrogen and oxygen atoms in total. The Bertz CT molecular complexity index is 1020. The fourth-order valence-corrected chi connectivity index (χ4v) is 4.88. The quantitative estimate of drug-likeness (QED) is 0.569. The molecule has 4 rings (SSSR count). The molecule has 1 amide bonds. The second-order valence-corrected chi connectivity index (χ2v) is 9.02. The van der Waals surface area contributed by atoms with E-state index in [0.29, 0.717) is 17.4 Å². The highest BCUT2D eigenvalue weighted by Crippen LogP contribution is 2.32. The van der Waals surface area contributed by atoms with Gasteiger partial charge < -0.3 is 5.32 Å². The number of amides is 1. The van der Waals surface area contributed by atoms with Crippen LogP contribution in [0.1, 0.15) is 43.5 Å². The zero-order chi connectivity index (χ0) is 20.4. The predicted octanol–water partition coefficient (Wildman–Crippen LogP) is 6.08. The Morgan fingerprint density at radius 1 is 1.10 bits per heavy atom. The van der Waals surface area contributed by atoms with Crippen molar-refractivity contribution >= 4 is 28.6 Å². The Hall–Kier alpha value is -2.40. The average molecular weight is 409 g/mol. The monoisotopic (exact) mass is 408 g/mol. The van der Waals surface area contributed by atoms with E-state index in [9.17, 15) is 9.18 Å². The number of carbonyl (C=O) groups excluding carboxylic acids is 1. The number of carbonyl (C=O) groups is 1. The second kappa shape index (κ2) is 8.54. The molecule has 0 unspecified atom stereocenters. The number of fused-ring (bicyclic) bond motifs is 1. The molecule has 1 N–H and O–H groups in total. The highest BCUT2D eigenvalue weighted by atomic mass is 32.2. The van der Waals surface area contributed by atoms with Crippen molar-refractivity contribution in [1.82, 2.24) is 10.3 Å². The van der Waals surface area contributed by atoms with E-state index in [1.165, 1.54) is 30.3 Å². The topological polar surface area (TPSA) is 42.0 Å². The van der Waals surface area contributed by atoms with E-state index in [2.05, 4.69) is 19.2 Å². The van der Waals surface area contributed by atoms with E-state index >= 15 is 0 Å². The number of benzene rings is 2. The third-order valence-electron chi connectivity index (χ3n) is 6.00. The molecule has 0 saturated heterocycles. The summed E-state index contributed by atoms with van der Waals surface area (Å²) in [5.74, 6) is 0.772. The summed E-state index contributed by atoms with van der Waals surface area (Å²) in [5, 5.41) is 4.86. The van der Waals surface area contributed by atoms with Gasteiger partial charge in [0.2, 0.25) is 0 Å². The Kier molecular flexibility index (Phi) is 5.86. The molecule has 2 aromatic carbocycles. The first-order chi connectivity index (χ1) is 14.0. The van der Waals surface area contributed by atoms with Crippen LogP contribution in [-0.4, -0.2) is 16.9 Å². The van der Waals surface area contributed by atoms with E-state index in [0.717, 1.165) is 33.7 Å². The lowest BCUT2D eigenvalue weighted by Gasteiger charge is -2.34. The van der Waals surface area contributed by atoms with Crippen LogP contribution < -0.4 is 5.32 Å². The molecule has 1 fully saturated rings. The van der Waals surface area contributed by atoms with Crippen molar-refractivity contribution in [2.75, 3.05) is 0 Å². The molecule has 1 aliphatic rings. The van der Waals surface area contributed by atoms with Gasteiger partial charge in [-0.25, -0.2) is 9.37 Å². The number of hydrogen-bond donors (Lipinski definition) is 1. The SMILES string of the molecule is C[C@H]1[C@H](C)CCC[C@@H]1NC(=O)c1cc(Sc2ccc(F)cc2)nc2ccccc12. The predicted molar refractivity (Wildman–Crippen MR) is 116 cm³/mol. The number of nitrogens with one attached hydrogen (secondary N) is 1. The molecular formula is C24H25FN2OS. The van der Waals surface area contributed by atoms with Crippen molar-refractivity contribution in [3.8, 4) is 0 Å². The minimum Gasteiger partial charge on any atom is -0.349 e. The number of aromatic nitrogens is 1. The average Bonchev–Trinajstić information content (AvgIpc) is 2.72. The van der Waals surface area contributed by atoms with Crippen molar-refractivity contribution in [1.29, 1.82) is 0 Å². The molecule has 3 aromatic rings. The van der Waals surface area contributed by atoms with Crippen LogP contribution >= 0.6 is 11.8 Å². The molecule has 0 spiro atoms. The Morgan fingerprint density at radius 2 is 1.86 bits per heavy atom. The van der Waals surface area contributed by atoms with Gasteiger partial charge in [-0.3, -0.25) is 4.79 Å². The van der Waals surface area contributed by atoms with Gasteiger partial charge in [0.05, 0.1) is 11.1 Å². The summed E-state index contributed by atoms with van der Waals surface area (Å²) >= 11 is 1.43. The first kappa shape index (κ1) is 19.9. The maximum absolute atomic E-state index is 13.2. The van der Waals surface area contributed by atoms with Crippen molar-refractivity contribution in [3.63, 3.8) is 0 Å². The van der Waals surface area contributed by atoms with Gasteiger partial charge in [-0.05, 0) is 54.7 Å². The second-order valence-electron chi connectivity index (χ2n) is 7.93. The lowest BCUT2D eigenvalue weighted by molar-refractivity contribution is 0.0892. The van der Waals surface area contributed by atoms with Gasteiger partial charge in [-0.15, -0.1) is 0 Å². The van der Waals surface area contributed by atoms with Crippen molar-refractivity contribution < 1.29 is 9.18 Å². The summed E-state index contributed by atoms with van der Waals surface area (Å²) in [5.41, 5.74) is 1.43. The standard InChI is InChI=1S/C24H25FN2OS/c1-15-6-5-9-21(16(15)2)27-24(28)20-14-23(26-22-8-4-3-7-19(20)22)29-18-12-10-17(25)11-13-18/h3-4,7-8,10-16,21H,5-6,9H2,1-2H3,(H,27,28)/t15-,16+,21+/m1/s1. The minimum atomic E-state index is -0.267. The zero-order valence-electron chi connectivity index (χ0n) is 16.7. The van der Waals surface area contributed by atoms with E-state index < -0.39 is 0 Å². The smallest absolute Gasteiger partial charge is 0.252 e. The molecular weight excluding hydrogens is 383 g/mol. The number of nitrogens with zero attached hydrogens (tertiary/aromatic N) is 1. The molecule has 0 bridgehead atoms. The summed E-state index contributed by atoms with van der Waals surface area (Å²) < 4.78 is 13.2. The van der Waals surface area contributed by atoms with Gasteiger partial charge in [0, 0.05) is 16.3 Å². The Balaban J connectivity index is 1.65. The van der Waals surface area contributed by atoms with E-state index in [1.54, 1.807) is 12.1 Å². The zero-order valence-corrected chi connectivity index (χ0v) is 17.5. The van der Waals surface area contributed by atoms with E-state index in [-0.39, 0.29) is 17.8 Å². The maximum atomic E-state index is 13.2. The summed E-state index contributed by atoms with van der Waals surface area (Å²) in [6, 6.07) is 16.1. The maximum Gasteiger partial charge on any atom is 0.252 e. The molecule has 0 radical (unpaired) electrons. The van der Waals surface area contributed by atoms with Crippen molar-refractivity contribution in [2.24, 2.45) is 11.8 Å². The summed E-state index contributed by atoms with van der Waals surface area (Å²) in [4.78, 5) is 18.8. The van der Waals surface area contributed by atoms with Gasteiger partial charge in [-0.1, -0.05) is 56.7 Å². The van der Waals surface area contributed by atoms with Crippen LogP contribution in [-0.2, 0) is 0 Å².